The van der Waals surface area contributed by atoms with Crippen LogP contribution in [0.15, 0.2) is 30.3 Å². The molecular weight excluding hydrogens is 384 g/mol. The summed E-state index contributed by atoms with van der Waals surface area (Å²) in [6.07, 6.45) is 4.32. The summed E-state index contributed by atoms with van der Waals surface area (Å²) in [6, 6.07) is 9.66. The maximum atomic E-state index is 12.7. The Morgan fingerprint density at radius 2 is 1.89 bits per heavy atom. The molecule has 0 radical (unpaired) electrons. The first-order chi connectivity index (χ1) is 13.0. The highest BCUT2D eigenvalue weighted by Gasteiger charge is 2.41. The number of benzene rings is 1. The van der Waals surface area contributed by atoms with Crippen LogP contribution in [-0.4, -0.2) is 73.1 Å². The molecule has 0 N–H and O–H groups in total. The summed E-state index contributed by atoms with van der Waals surface area (Å²) in [5, 5.41) is 0.294. The zero-order valence-electron chi connectivity index (χ0n) is 15.7. The van der Waals surface area contributed by atoms with Gasteiger partial charge in [-0.1, -0.05) is 30.3 Å². The van der Waals surface area contributed by atoms with Gasteiger partial charge in [-0.3, -0.25) is 9.69 Å². The van der Waals surface area contributed by atoms with Gasteiger partial charge in [0, 0.05) is 24.4 Å². The van der Waals surface area contributed by atoms with Crippen molar-refractivity contribution < 1.29 is 17.9 Å². The lowest BCUT2D eigenvalue weighted by Crippen LogP contribution is -2.40. The van der Waals surface area contributed by atoms with Gasteiger partial charge in [-0.05, 0) is 37.8 Å². The topological polar surface area (TPSA) is 66.9 Å². The quantitative estimate of drug-likeness (QED) is 0.608. The minimum atomic E-state index is -3.45. The average Bonchev–Trinajstić information content (AvgIpc) is 3.35. The van der Waals surface area contributed by atoms with E-state index in [2.05, 4.69) is 4.90 Å². The molecule has 150 valence electrons. The van der Waals surface area contributed by atoms with Crippen molar-refractivity contribution in [3.05, 3.63) is 35.9 Å². The van der Waals surface area contributed by atoms with E-state index in [4.69, 9.17) is 4.74 Å². The second-order valence-corrected chi connectivity index (χ2v) is 10.3. The van der Waals surface area contributed by atoms with Gasteiger partial charge in [-0.15, -0.1) is 0 Å². The SMILES string of the molecule is CSC1CN(S(=O)(=O)CCC(=O)OCc2ccccc2)CC1N1CCCC1. The van der Waals surface area contributed by atoms with Crippen LogP contribution in [0.4, 0.5) is 0 Å². The third kappa shape index (κ3) is 5.47. The van der Waals surface area contributed by atoms with Crippen LogP contribution in [0.5, 0.6) is 0 Å². The molecule has 6 nitrogen and oxygen atoms in total. The molecular formula is C19H28N2O4S2. The summed E-state index contributed by atoms with van der Waals surface area (Å²) in [5.41, 5.74) is 0.893. The maximum absolute atomic E-state index is 12.7. The van der Waals surface area contributed by atoms with Crippen LogP contribution in [0, 0.1) is 0 Å². The molecule has 2 fully saturated rings. The van der Waals surface area contributed by atoms with Crippen molar-refractivity contribution in [2.24, 2.45) is 0 Å². The van der Waals surface area contributed by atoms with Gasteiger partial charge in [0.25, 0.3) is 0 Å². The van der Waals surface area contributed by atoms with Gasteiger partial charge in [0.1, 0.15) is 6.61 Å². The first kappa shape index (κ1) is 20.6. The van der Waals surface area contributed by atoms with Gasteiger partial charge in [0.15, 0.2) is 0 Å². The molecule has 2 unspecified atom stereocenters. The Labute approximate surface area is 166 Å². The molecule has 27 heavy (non-hydrogen) atoms. The molecule has 0 bridgehead atoms. The van der Waals surface area contributed by atoms with Crippen LogP contribution in [-0.2, 0) is 26.2 Å². The summed E-state index contributed by atoms with van der Waals surface area (Å²) in [7, 11) is -3.45. The summed E-state index contributed by atoms with van der Waals surface area (Å²) < 4.78 is 32.2. The van der Waals surface area contributed by atoms with Crippen molar-refractivity contribution in [3.8, 4) is 0 Å². The van der Waals surface area contributed by atoms with Crippen molar-refractivity contribution >= 4 is 27.8 Å². The highest BCUT2D eigenvalue weighted by Crippen LogP contribution is 2.29. The Morgan fingerprint density at radius 1 is 1.19 bits per heavy atom. The number of hydrogen-bond donors (Lipinski definition) is 0. The van der Waals surface area contributed by atoms with E-state index >= 15 is 0 Å². The first-order valence-electron chi connectivity index (χ1n) is 9.44. The Balaban J connectivity index is 1.49. The molecule has 2 heterocycles. The van der Waals surface area contributed by atoms with Gasteiger partial charge in [0.05, 0.1) is 12.2 Å². The van der Waals surface area contributed by atoms with Crippen LogP contribution >= 0.6 is 11.8 Å². The van der Waals surface area contributed by atoms with E-state index in [-0.39, 0.29) is 24.8 Å². The van der Waals surface area contributed by atoms with Crippen LogP contribution in [0.3, 0.4) is 0 Å². The number of hydrogen-bond acceptors (Lipinski definition) is 6. The fourth-order valence-corrected chi connectivity index (χ4v) is 6.20. The molecule has 8 heteroatoms. The first-order valence-corrected chi connectivity index (χ1v) is 12.3. The fraction of sp³-hybridized carbons (Fsp3) is 0.632. The molecule has 0 amide bonds. The zero-order valence-corrected chi connectivity index (χ0v) is 17.4. The summed E-state index contributed by atoms with van der Waals surface area (Å²) in [4.78, 5) is 14.4. The van der Waals surface area contributed by atoms with Crippen molar-refractivity contribution in [1.29, 1.82) is 0 Å². The van der Waals surface area contributed by atoms with Crippen LogP contribution in [0.25, 0.3) is 0 Å². The molecule has 0 aliphatic carbocycles. The van der Waals surface area contributed by atoms with Crippen LogP contribution < -0.4 is 0 Å². The van der Waals surface area contributed by atoms with Gasteiger partial charge in [0.2, 0.25) is 10.0 Å². The monoisotopic (exact) mass is 412 g/mol. The van der Waals surface area contributed by atoms with Crippen molar-refractivity contribution in [2.75, 3.05) is 38.2 Å². The van der Waals surface area contributed by atoms with Gasteiger partial charge >= 0.3 is 5.97 Å². The van der Waals surface area contributed by atoms with E-state index < -0.39 is 16.0 Å². The highest BCUT2D eigenvalue weighted by atomic mass is 32.2. The number of sulfonamides is 1. The van der Waals surface area contributed by atoms with E-state index in [1.807, 2.05) is 36.6 Å². The van der Waals surface area contributed by atoms with Crippen LogP contribution in [0.2, 0.25) is 0 Å². The minimum Gasteiger partial charge on any atom is -0.461 e. The minimum absolute atomic E-state index is 0.107. The summed E-state index contributed by atoms with van der Waals surface area (Å²) in [6.45, 7) is 3.36. The number of nitrogens with zero attached hydrogens (tertiary/aromatic N) is 2. The molecule has 0 saturated carbocycles. The number of likely N-dealkylation sites (tertiary alicyclic amines) is 1. The van der Waals surface area contributed by atoms with Gasteiger partial charge in [-0.2, -0.15) is 16.1 Å². The van der Waals surface area contributed by atoms with E-state index in [9.17, 15) is 13.2 Å². The lowest BCUT2D eigenvalue weighted by atomic mass is 10.2. The predicted molar refractivity (Wildman–Crippen MR) is 108 cm³/mol. The Hall–Kier alpha value is -1.09. The second-order valence-electron chi connectivity index (χ2n) is 7.11. The average molecular weight is 413 g/mol. The summed E-state index contributed by atoms with van der Waals surface area (Å²) in [5.74, 6) is -0.659. The molecule has 1 aromatic rings. The Kier molecular flexibility index (Phi) is 7.19. The number of carbonyl (C=O) groups excluding carboxylic acids is 1. The number of rotatable bonds is 8. The highest BCUT2D eigenvalue weighted by molar-refractivity contribution is 7.99. The van der Waals surface area contributed by atoms with Gasteiger partial charge in [-0.25, -0.2) is 8.42 Å². The Bertz CT molecular complexity index is 720. The third-order valence-electron chi connectivity index (χ3n) is 5.32. The lowest BCUT2D eigenvalue weighted by Gasteiger charge is -2.27. The van der Waals surface area contributed by atoms with Crippen LogP contribution in [0.1, 0.15) is 24.8 Å². The third-order valence-corrected chi connectivity index (χ3v) is 8.19. The molecule has 1 aromatic carbocycles. The molecule has 2 atom stereocenters. The smallest absolute Gasteiger partial charge is 0.307 e. The van der Waals surface area contributed by atoms with E-state index in [1.54, 1.807) is 16.1 Å². The Morgan fingerprint density at radius 3 is 2.56 bits per heavy atom. The molecule has 3 rings (SSSR count). The van der Waals surface area contributed by atoms with Crippen molar-refractivity contribution in [3.63, 3.8) is 0 Å². The largest absolute Gasteiger partial charge is 0.461 e. The number of carbonyl (C=O) groups is 1. The fourth-order valence-electron chi connectivity index (χ4n) is 3.76. The van der Waals surface area contributed by atoms with Crippen molar-refractivity contribution in [1.82, 2.24) is 9.21 Å². The number of ether oxygens (including phenoxy) is 1. The summed E-state index contributed by atoms with van der Waals surface area (Å²) >= 11 is 1.74. The number of thioether (sulfide) groups is 1. The standard InChI is InChI=1S/C19H28N2O4S2/c1-26-18-14-21(13-17(18)20-10-5-6-11-20)27(23,24)12-9-19(22)25-15-16-7-3-2-4-8-16/h2-4,7-8,17-18H,5-6,9-15H2,1H3. The zero-order chi connectivity index (χ0) is 19.3. The predicted octanol–water partition coefficient (Wildman–Crippen LogP) is 1.96. The molecule has 0 aromatic heterocycles. The number of esters is 1. The van der Waals surface area contributed by atoms with Crippen molar-refractivity contribution in [2.45, 2.75) is 37.2 Å². The molecule has 2 aliphatic rings. The lowest BCUT2D eigenvalue weighted by molar-refractivity contribution is -0.144. The maximum Gasteiger partial charge on any atom is 0.307 e. The van der Waals surface area contributed by atoms with E-state index in [1.165, 1.54) is 12.8 Å². The normalized spacial score (nSPS) is 24.3. The van der Waals surface area contributed by atoms with E-state index in [0.29, 0.717) is 18.3 Å². The van der Waals surface area contributed by atoms with Gasteiger partial charge < -0.3 is 4.74 Å². The molecule has 2 aliphatic heterocycles. The van der Waals surface area contributed by atoms with E-state index in [0.717, 1.165) is 18.7 Å². The molecule has 0 spiro atoms. The molecule has 2 saturated heterocycles. The second kappa shape index (κ2) is 9.41.